The first-order chi connectivity index (χ1) is 8.72. The summed E-state index contributed by atoms with van der Waals surface area (Å²) in [4.78, 5) is 4.16. The molecule has 3 rings (SSSR count). The largest absolute Gasteiger partial charge is 0.364 e. The molecular formula is C11H11ClN6. The first-order valence-electron chi connectivity index (χ1n) is 5.45. The van der Waals surface area contributed by atoms with E-state index in [0.29, 0.717) is 17.3 Å². The summed E-state index contributed by atoms with van der Waals surface area (Å²) in [5, 5.41) is 12.2. The first-order valence-corrected chi connectivity index (χ1v) is 5.83. The van der Waals surface area contributed by atoms with Crippen molar-refractivity contribution >= 4 is 23.1 Å². The molecule has 0 aliphatic carbocycles. The Bertz CT molecular complexity index is 686. The highest BCUT2D eigenvalue weighted by Gasteiger charge is 2.05. The zero-order valence-electron chi connectivity index (χ0n) is 9.71. The molecule has 0 bridgehead atoms. The molecule has 6 nitrogen and oxygen atoms in total. The van der Waals surface area contributed by atoms with Gasteiger partial charge in [-0.3, -0.25) is 4.68 Å². The van der Waals surface area contributed by atoms with E-state index < -0.39 is 0 Å². The standard InChI is InChI=1S/C11H11ClN6/c1-17-5-3-8(16-17)7-13-11-6-9(12)15-10-2-4-14-18(10)11/h2-6,13H,7H2,1H3. The molecular weight excluding hydrogens is 252 g/mol. The summed E-state index contributed by atoms with van der Waals surface area (Å²) in [5.74, 6) is 0.792. The van der Waals surface area contributed by atoms with Gasteiger partial charge in [0.2, 0.25) is 0 Å². The molecule has 0 aliphatic rings. The quantitative estimate of drug-likeness (QED) is 0.731. The van der Waals surface area contributed by atoms with Crippen LogP contribution in [0.1, 0.15) is 5.69 Å². The van der Waals surface area contributed by atoms with Gasteiger partial charge < -0.3 is 5.32 Å². The summed E-state index contributed by atoms with van der Waals surface area (Å²) < 4.78 is 3.47. The van der Waals surface area contributed by atoms with Gasteiger partial charge in [-0.25, -0.2) is 4.98 Å². The van der Waals surface area contributed by atoms with Crippen LogP contribution in [0.25, 0.3) is 5.65 Å². The molecule has 0 saturated carbocycles. The van der Waals surface area contributed by atoms with E-state index in [0.717, 1.165) is 11.5 Å². The van der Waals surface area contributed by atoms with E-state index in [1.807, 2.05) is 19.3 Å². The zero-order chi connectivity index (χ0) is 12.5. The van der Waals surface area contributed by atoms with E-state index in [1.165, 1.54) is 0 Å². The zero-order valence-corrected chi connectivity index (χ0v) is 10.5. The molecule has 18 heavy (non-hydrogen) atoms. The lowest BCUT2D eigenvalue weighted by Crippen LogP contribution is -2.06. The van der Waals surface area contributed by atoms with Crippen LogP contribution in [0.15, 0.2) is 30.6 Å². The lowest BCUT2D eigenvalue weighted by Gasteiger charge is -2.07. The molecule has 0 aromatic carbocycles. The van der Waals surface area contributed by atoms with Crippen LogP contribution in [-0.4, -0.2) is 24.4 Å². The SMILES string of the molecule is Cn1ccc(CNc2cc(Cl)nc3ccnn23)n1. The van der Waals surface area contributed by atoms with Gasteiger partial charge in [0, 0.05) is 25.4 Å². The minimum atomic E-state index is 0.437. The Kier molecular flexibility index (Phi) is 2.64. The normalized spacial score (nSPS) is 11.0. The highest BCUT2D eigenvalue weighted by Crippen LogP contribution is 2.16. The number of nitrogens with zero attached hydrogens (tertiary/aromatic N) is 5. The number of hydrogen-bond donors (Lipinski definition) is 1. The van der Waals surface area contributed by atoms with E-state index in [1.54, 1.807) is 27.5 Å². The third-order valence-electron chi connectivity index (χ3n) is 2.55. The van der Waals surface area contributed by atoms with Crippen molar-refractivity contribution in [2.24, 2.45) is 7.05 Å². The van der Waals surface area contributed by atoms with Crippen LogP contribution in [0.5, 0.6) is 0 Å². The first kappa shape index (κ1) is 11.0. The topological polar surface area (TPSA) is 60.0 Å². The summed E-state index contributed by atoms with van der Waals surface area (Å²) >= 11 is 5.95. The van der Waals surface area contributed by atoms with Crippen molar-refractivity contribution in [1.82, 2.24) is 24.4 Å². The monoisotopic (exact) mass is 262 g/mol. The molecule has 0 unspecified atom stereocenters. The van der Waals surface area contributed by atoms with E-state index in [9.17, 15) is 0 Å². The minimum absolute atomic E-state index is 0.437. The van der Waals surface area contributed by atoms with Crippen LogP contribution >= 0.6 is 11.6 Å². The minimum Gasteiger partial charge on any atom is -0.364 e. The lowest BCUT2D eigenvalue weighted by molar-refractivity contribution is 0.746. The van der Waals surface area contributed by atoms with Crippen LogP contribution in [0, 0.1) is 0 Å². The lowest BCUT2D eigenvalue weighted by atomic mass is 10.4. The molecule has 3 aromatic heterocycles. The van der Waals surface area contributed by atoms with Gasteiger partial charge >= 0.3 is 0 Å². The number of anilines is 1. The Hall–Kier alpha value is -2.08. The number of halogens is 1. The average Bonchev–Trinajstić information content (AvgIpc) is 2.94. The third-order valence-corrected chi connectivity index (χ3v) is 2.74. The van der Waals surface area contributed by atoms with Crippen molar-refractivity contribution in [3.63, 3.8) is 0 Å². The number of fused-ring (bicyclic) bond motifs is 1. The van der Waals surface area contributed by atoms with Gasteiger partial charge in [0.25, 0.3) is 0 Å². The summed E-state index contributed by atoms with van der Waals surface area (Å²) in [6, 6.07) is 5.50. The summed E-state index contributed by atoms with van der Waals surface area (Å²) in [6.45, 7) is 0.607. The number of hydrogen-bond acceptors (Lipinski definition) is 4. The maximum absolute atomic E-state index is 5.95. The highest BCUT2D eigenvalue weighted by atomic mass is 35.5. The fourth-order valence-corrected chi connectivity index (χ4v) is 1.94. The van der Waals surface area contributed by atoms with Crippen molar-refractivity contribution in [1.29, 1.82) is 0 Å². The predicted molar refractivity (Wildman–Crippen MR) is 68.5 cm³/mol. The van der Waals surface area contributed by atoms with Gasteiger partial charge in [-0.05, 0) is 6.07 Å². The fraction of sp³-hybridized carbons (Fsp3) is 0.182. The Morgan fingerprint density at radius 1 is 1.39 bits per heavy atom. The van der Waals surface area contributed by atoms with Crippen LogP contribution < -0.4 is 5.32 Å². The van der Waals surface area contributed by atoms with Crippen molar-refractivity contribution < 1.29 is 0 Å². The predicted octanol–water partition coefficient (Wildman–Crippen LogP) is 1.73. The fourth-order valence-electron chi connectivity index (χ4n) is 1.75. The second-order valence-electron chi connectivity index (χ2n) is 3.90. The molecule has 3 heterocycles. The number of nitrogens with one attached hydrogen (secondary N) is 1. The van der Waals surface area contributed by atoms with Crippen LogP contribution in [0.3, 0.4) is 0 Å². The molecule has 0 amide bonds. The van der Waals surface area contributed by atoms with Crippen molar-refractivity contribution in [2.75, 3.05) is 5.32 Å². The molecule has 0 fully saturated rings. The molecule has 7 heteroatoms. The molecule has 0 saturated heterocycles. The number of rotatable bonds is 3. The Morgan fingerprint density at radius 3 is 3.06 bits per heavy atom. The summed E-state index contributed by atoms with van der Waals surface area (Å²) in [7, 11) is 1.89. The highest BCUT2D eigenvalue weighted by molar-refractivity contribution is 6.29. The van der Waals surface area contributed by atoms with Gasteiger partial charge in [0.05, 0.1) is 18.4 Å². The Balaban J connectivity index is 1.87. The van der Waals surface area contributed by atoms with Gasteiger partial charge in [-0.15, -0.1) is 0 Å². The Morgan fingerprint density at radius 2 is 2.28 bits per heavy atom. The second-order valence-corrected chi connectivity index (χ2v) is 4.29. The van der Waals surface area contributed by atoms with Crippen LogP contribution in [0.4, 0.5) is 5.82 Å². The summed E-state index contributed by atoms with van der Waals surface area (Å²) in [5.41, 5.74) is 1.66. The van der Waals surface area contributed by atoms with Crippen molar-refractivity contribution in [2.45, 2.75) is 6.54 Å². The van der Waals surface area contributed by atoms with E-state index >= 15 is 0 Å². The number of aryl methyl sites for hydroxylation is 1. The smallest absolute Gasteiger partial charge is 0.159 e. The molecule has 92 valence electrons. The maximum atomic E-state index is 5.95. The molecule has 0 radical (unpaired) electrons. The summed E-state index contributed by atoms with van der Waals surface area (Å²) in [6.07, 6.45) is 3.59. The maximum Gasteiger partial charge on any atom is 0.159 e. The molecule has 0 aliphatic heterocycles. The van der Waals surface area contributed by atoms with Crippen LogP contribution in [-0.2, 0) is 13.6 Å². The van der Waals surface area contributed by atoms with E-state index in [4.69, 9.17) is 11.6 Å². The van der Waals surface area contributed by atoms with Gasteiger partial charge in [0.1, 0.15) is 11.0 Å². The second kappa shape index (κ2) is 4.30. The molecule has 1 N–H and O–H groups in total. The third kappa shape index (κ3) is 2.02. The van der Waals surface area contributed by atoms with E-state index in [-0.39, 0.29) is 0 Å². The van der Waals surface area contributed by atoms with Gasteiger partial charge in [0.15, 0.2) is 5.65 Å². The number of aromatic nitrogens is 5. The Labute approximate surface area is 108 Å². The van der Waals surface area contributed by atoms with Gasteiger partial charge in [-0.1, -0.05) is 11.6 Å². The van der Waals surface area contributed by atoms with Crippen LogP contribution in [0.2, 0.25) is 5.15 Å². The van der Waals surface area contributed by atoms with Crippen molar-refractivity contribution in [3.8, 4) is 0 Å². The van der Waals surface area contributed by atoms with Gasteiger partial charge in [-0.2, -0.15) is 14.7 Å². The average molecular weight is 263 g/mol. The molecule has 0 atom stereocenters. The van der Waals surface area contributed by atoms with Crippen molar-refractivity contribution in [3.05, 3.63) is 41.4 Å². The molecule has 3 aromatic rings. The molecule has 0 spiro atoms. The van der Waals surface area contributed by atoms with E-state index in [2.05, 4.69) is 20.5 Å².